The fourth-order valence-electron chi connectivity index (χ4n) is 4.71. The highest BCUT2D eigenvalue weighted by Gasteiger charge is 2.39. The highest BCUT2D eigenvalue weighted by molar-refractivity contribution is 5.97. The van der Waals surface area contributed by atoms with Crippen LogP contribution >= 0.6 is 0 Å². The molecule has 16 heteroatoms. The second-order valence-corrected chi connectivity index (χ2v) is 10.8. The number of hydrogen-bond donors (Lipinski definition) is 4. The number of nitrogens with two attached hydrogens (primary N) is 1. The lowest BCUT2D eigenvalue weighted by molar-refractivity contribution is -0.141. The number of hydrogen-bond acceptors (Lipinski definition) is 10. The Bertz CT molecular complexity index is 1650. The Balaban J connectivity index is 1.70. The highest BCUT2D eigenvalue weighted by Crippen LogP contribution is 2.38. The standard InChI is InChI=1S/C29H35F3N8O5/c1-4-18-19(27(43)35-9-12-44-11-7-33)5-6-21(23(18)45-17-42)37-25-26-36-13-22(40(26)10-8-34-25)20-14-39(15-28(2,3)16-41)38-24(20)29(30,31)32/h5-6,8,10,13-14,17,41H,4,7,9,11-12,15-16,33H2,1-3H3,(H,34,37)(H,35,43). The van der Waals surface area contributed by atoms with E-state index in [1.807, 2.05) is 0 Å². The van der Waals surface area contributed by atoms with E-state index in [1.165, 1.54) is 35.3 Å². The molecule has 0 bridgehead atoms. The highest BCUT2D eigenvalue weighted by atomic mass is 19.4. The van der Waals surface area contributed by atoms with Crippen LogP contribution in [0.3, 0.4) is 0 Å². The second-order valence-electron chi connectivity index (χ2n) is 10.8. The normalized spacial score (nSPS) is 12.0. The van der Waals surface area contributed by atoms with Crippen LogP contribution in [-0.2, 0) is 28.7 Å². The van der Waals surface area contributed by atoms with Crippen LogP contribution < -0.4 is 21.1 Å². The lowest BCUT2D eigenvalue weighted by Gasteiger charge is -2.21. The number of benzene rings is 1. The Morgan fingerprint density at radius 3 is 2.64 bits per heavy atom. The number of imidazole rings is 1. The first-order valence-electron chi connectivity index (χ1n) is 14.1. The van der Waals surface area contributed by atoms with Crippen LogP contribution in [0, 0.1) is 5.41 Å². The van der Waals surface area contributed by atoms with E-state index >= 15 is 0 Å². The average molecular weight is 633 g/mol. The number of rotatable bonds is 15. The molecule has 1 amide bonds. The van der Waals surface area contributed by atoms with Crippen LogP contribution in [0.5, 0.6) is 5.75 Å². The quantitative estimate of drug-likeness (QED) is 0.113. The molecule has 0 saturated heterocycles. The molecule has 0 fully saturated rings. The van der Waals surface area contributed by atoms with Crippen LogP contribution in [0.15, 0.2) is 36.9 Å². The number of carbonyl (C=O) groups excluding carboxylic acids is 2. The number of amides is 1. The van der Waals surface area contributed by atoms with Crippen LogP contribution in [0.2, 0.25) is 0 Å². The van der Waals surface area contributed by atoms with E-state index in [1.54, 1.807) is 26.8 Å². The molecule has 3 heterocycles. The summed E-state index contributed by atoms with van der Waals surface area (Å²) in [6.45, 7) is 6.50. The summed E-state index contributed by atoms with van der Waals surface area (Å²) in [6.07, 6.45) is 0.959. The summed E-state index contributed by atoms with van der Waals surface area (Å²) in [5.74, 6) is -0.160. The molecule has 0 aliphatic carbocycles. The summed E-state index contributed by atoms with van der Waals surface area (Å²) in [7, 11) is 0. The van der Waals surface area contributed by atoms with E-state index in [2.05, 4.69) is 25.7 Å². The SMILES string of the molecule is CCc1c(C(=O)NCCOCCN)ccc(Nc2nccn3c(-c4cn(CC(C)(C)CO)nc4C(F)(F)F)cnc23)c1OC=O. The number of halogens is 3. The number of carbonyl (C=O) groups is 2. The van der Waals surface area contributed by atoms with Gasteiger partial charge in [-0.2, -0.15) is 18.3 Å². The van der Waals surface area contributed by atoms with Crippen LogP contribution in [-0.4, -0.2) is 74.5 Å². The smallest absolute Gasteiger partial charge is 0.426 e. The van der Waals surface area contributed by atoms with Crippen LogP contribution in [0.1, 0.15) is 42.4 Å². The van der Waals surface area contributed by atoms with Gasteiger partial charge in [-0.05, 0) is 18.6 Å². The minimum absolute atomic E-state index is 0.0486. The van der Waals surface area contributed by atoms with Crippen molar-refractivity contribution in [3.8, 4) is 17.0 Å². The fourth-order valence-corrected chi connectivity index (χ4v) is 4.71. The van der Waals surface area contributed by atoms with Gasteiger partial charge in [0.1, 0.15) is 0 Å². The summed E-state index contributed by atoms with van der Waals surface area (Å²) in [4.78, 5) is 33.0. The van der Waals surface area contributed by atoms with E-state index in [9.17, 15) is 27.9 Å². The first kappa shape index (κ1) is 33.4. The van der Waals surface area contributed by atoms with E-state index < -0.39 is 23.2 Å². The van der Waals surface area contributed by atoms with E-state index in [0.29, 0.717) is 25.1 Å². The summed E-state index contributed by atoms with van der Waals surface area (Å²) >= 11 is 0. The van der Waals surface area contributed by atoms with Gasteiger partial charge < -0.3 is 30.9 Å². The molecule has 3 aromatic heterocycles. The van der Waals surface area contributed by atoms with Gasteiger partial charge in [0.2, 0.25) is 0 Å². The van der Waals surface area contributed by atoms with Gasteiger partial charge >= 0.3 is 6.18 Å². The van der Waals surface area contributed by atoms with E-state index in [4.69, 9.17) is 15.2 Å². The van der Waals surface area contributed by atoms with E-state index in [-0.39, 0.29) is 72.5 Å². The Kier molecular flexibility index (Phi) is 10.4. The maximum Gasteiger partial charge on any atom is 0.435 e. The third kappa shape index (κ3) is 7.58. The Morgan fingerprint density at radius 1 is 1.20 bits per heavy atom. The zero-order valence-electron chi connectivity index (χ0n) is 25.0. The molecular weight excluding hydrogens is 597 g/mol. The molecular formula is C29H35F3N8O5. The number of nitrogens with one attached hydrogen (secondary N) is 2. The van der Waals surface area contributed by atoms with Gasteiger partial charge in [0.05, 0.1) is 36.4 Å². The maximum atomic E-state index is 14.1. The summed E-state index contributed by atoms with van der Waals surface area (Å²) in [6, 6.07) is 3.09. The molecule has 1 aromatic carbocycles. The number of alkyl halides is 3. The minimum atomic E-state index is -4.76. The van der Waals surface area contributed by atoms with Gasteiger partial charge in [-0.25, -0.2) is 9.97 Å². The van der Waals surface area contributed by atoms with Crippen molar-refractivity contribution < 1.29 is 37.3 Å². The molecule has 45 heavy (non-hydrogen) atoms. The van der Waals surface area contributed by atoms with Crippen molar-refractivity contribution in [2.75, 3.05) is 38.2 Å². The lowest BCUT2D eigenvalue weighted by atomic mass is 9.95. The molecule has 0 aliphatic rings. The third-order valence-corrected chi connectivity index (χ3v) is 6.82. The topological polar surface area (TPSA) is 171 Å². The van der Waals surface area contributed by atoms with Crippen molar-refractivity contribution in [3.63, 3.8) is 0 Å². The molecule has 0 radical (unpaired) electrons. The Labute approximate surface area is 256 Å². The molecule has 0 saturated carbocycles. The molecule has 0 unspecified atom stereocenters. The predicted octanol–water partition coefficient (Wildman–Crippen LogP) is 3.18. The molecule has 0 spiro atoms. The van der Waals surface area contributed by atoms with E-state index in [0.717, 1.165) is 4.68 Å². The monoisotopic (exact) mass is 632 g/mol. The first-order valence-corrected chi connectivity index (χ1v) is 14.1. The van der Waals surface area contributed by atoms with Gasteiger partial charge in [-0.15, -0.1) is 0 Å². The van der Waals surface area contributed by atoms with Crippen LogP contribution in [0.25, 0.3) is 16.9 Å². The predicted molar refractivity (Wildman–Crippen MR) is 158 cm³/mol. The van der Waals surface area contributed by atoms with Gasteiger partial charge in [-0.1, -0.05) is 20.8 Å². The molecule has 5 N–H and O–H groups in total. The molecule has 13 nitrogen and oxygen atoms in total. The van der Waals surface area contributed by atoms with Crippen molar-refractivity contribution in [1.82, 2.24) is 29.5 Å². The molecule has 0 aliphatic heterocycles. The first-order chi connectivity index (χ1) is 21.4. The van der Waals surface area contributed by atoms with Crippen molar-refractivity contribution in [2.45, 2.75) is 39.9 Å². The van der Waals surface area contributed by atoms with Gasteiger partial charge in [0.25, 0.3) is 12.4 Å². The zero-order valence-corrected chi connectivity index (χ0v) is 25.0. The summed E-state index contributed by atoms with van der Waals surface area (Å²) < 4.78 is 55.4. The largest absolute Gasteiger partial charge is 0.435 e. The number of fused-ring (bicyclic) bond motifs is 1. The number of aromatic nitrogens is 5. The lowest BCUT2D eigenvalue weighted by Crippen LogP contribution is -2.29. The molecule has 242 valence electrons. The van der Waals surface area contributed by atoms with Crippen LogP contribution in [0.4, 0.5) is 24.7 Å². The molecule has 0 atom stereocenters. The minimum Gasteiger partial charge on any atom is -0.426 e. The molecule has 4 rings (SSSR count). The second kappa shape index (κ2) is 14.0. The van der Waals surface area contributed by atoms with Crippen molar-refractivity contribution in [1.29, 1.82) is 0 Å². The Morgan fingerprint density at radius 2 is 1.98 bits per heavy atom. The van der Waals surface area contributed by atoms with Gasteiger partial charge in [0, 0.05) is 61.4 Å². The zero-order chi connectivity index (χ0) is 32.8. The third-order valence-electron chi connectivity index (χ3n) is 6.82. The number of anilines is 2. The maximum absolute atomic E-state index is 14.1. The van der Waals surface area contributed by atoms with Gasteiger partial charge in [-0.3, -0.25) is 18.7 Å². The van der Waals surface area contributed by atoms with Gasteiger partial charge in [0.15, 0.2) is 22.9 Å². The molecule has 4 aromatic rings. The average Bonchev–Trinajstić information content (AvgIpc) is 3.62. The van der Waals surface area contributed by atoms with Crippen molar-refractivity contribution in [3.05, 3.63) is 53.7 Å². The Hall–Kier alpha value is -4.54. The fraction of sp³-hybridized carbons (Fsp3) is 0.414. The summed E-state index contributed by atoms with van der Waals surface area (Å²) in [5, 5.41) is 19.2. The number of ether oxygens (including phenoxy) is 2. The number of nitrogens with zero attached hydrogens (tertiary/aromatic N) is 5. The van der Waals surface area contributed by atoms with Crippen molar-refractivity contribution in [2.24, 2.45) is 11.1 Å². The number of aliphatic hydroxyl groups excluding tert-OH is 1. The van der Waals surface area contributed by atoms with Crippen molar-refractivity contribution >= 4 is 29.5 Å². The summed E-state index contributed by atoms with van der Waals surface area (Å²) in [5.41, 5.74) is 4.68. The number of aliphatic hydroxyl groups is 1.